The Morgan fingerprint density at radius 3 is 3.00 bits per heavy atom. The van der Waals surface area contributed by atoms with Gasteiger partial charge in [0, 0.05) is 6.42 Å². The summed E-state index contributed by atoms with van der Waals surface area (Å²) in [5.74, 6) is 3.02. The smallest absolute Gasteiger partial charge is 0.153 e. The maximum Gasteiger partial charge on any atom is 0.153 e. The number of benzene rings is 1. The first kappa shape index (κ1) is 10.8. The fraction of sp³-hybridized carbons (Fsp3) is 0.182. The Balaban J connectivity index is 2.83. The van der Waals surface area contributed by atoms with Gasteiger partial charge in [0.25, 0.3) is 0 Å². The summed E-state index contributed by atoms with van der Waals surface area (Å²) in [6.07, 6.45) is 6.38. The third-order valence-corrected chi connectivity index (χ3v) is 2.24. The van der Waals surface area contributed by atoms with Gasteiger partial charge in [-0.15, -0.1) is 12.3 Å². The highest BCUT2D eigenvalue weighted by atomic mass is 79.9. The maximum atomic E-state index is 10.7. The largest absolute Gasteiger partial charge is 0.491 e. The highest BCUT2D eigenvalue weighted by Crippen LogP contribution is 2.27. The van der Waals surface area contributed by atoms with E-state index in [2.05, 4.69) is 21.9 Å². The highest BCUT2D eigenvalue weighted by molar-refractivity contribution is 9.10. The zero-order valence-corrected chi connectivity index (χ0v) is 9.08. The SMILES string of the molecule is C#CCCOc1c(Br)cccc1C=O. The summed E-state index contributed by atoms with van der Waals surface area (Å²) in [6, 6.07) is 5.29. The molecular formula is C11H9BrO2. The second-order valence-electron chi connectivity index (χ2n) is 2.58. The Bertz CT molecular complexity index is 366. The van der Waals surface area contributed by atoms with E-state index in [0.29, 0.717) is 24.3 Å². The fourth-order valence-corrected chi connectivity index (χ4v) is 1.48. The van der Waals surface area contributed by atoms with Crippen molar-refractivity contribution in [1.29, 1.82) is 0 Å². The first-order chi connectivity index (χ1) is 6.79. The van der Waals surface area contributed by atoms with Crippen molar-refractivity contribution in [3.63, 3.8) is 0 Å². The van der Waals surface area contributed by atoms with Crippen molar-refractivity contribution in [3.8, 4) is 18.1 Å². The van der Waals surface area contributed by atoms with E-state index in [-0.39, 0.29) is 0 Å². The molecule has 0 unspecified atom stereocenters. The number of rotatable bonds is 4. The van der Waals surface area contributed by atoms with E-state index in [1.807, 2.05) is 6.07 Å². The van der Waals surface area contributed by atoms with Crippen LogP contribution in [-0.4, -0.2) is 12.9 Å². The van der Waals surface area contributed by atoms with Crippen molar-refractivity contribution in [2.24, 2.45) is 0 Å². The molecule has 0 aliphatic heterocycles. The van der Waals surface area contributed by atoms with Crippen molar-refractivity contribution < 1.29 is 9.53 Å². The quantitative estimate of drug-likeness (QED) is 0.468. The second-order valence-corrected chi connectivity index (χ2v) is 3.43. The molecule has 0 heterocycles. The molecule has 1 aromatic carbocycles. The zero-order chi connectivity index (χ0) is 10.4. The highest BCUT2D eigenvalue weighted by Gasteiger charge is 2.06. The Kier molecular flexibility index (Phi) is 4.21. The van der Waals surface area contributed by atoms with Gasteiger partial charge in [0.2, 0.25) is 0 Å². The van der Waals surface area contributed by atoms with Crippen LogP contribution >= 0.6 is 15.9 Å². The number of halogens is 1. The van der Waals surface area contributed by atoms with Crippen LogP contribution in [0.3, 0.4) is 0 Å². The van der Waals surface area contributed by atoms with Gasteiger partial charge in [0.15, 0.2) is 6.29 Å². The average Bonchev–Trinajstić information content (AvgIpc) is 2.20. The van der Waals surface area contributed by atoms with Gasteiger partial charge in [-0.1, -0.05) is 6.07 Å². The monoisotopic (exact) mass is 252 g/mol. The van der Waals surface area contributed by atoms with Crippen molar-refractivity contribution in [1.82, 2.24) is 0 Å². The summed E-state index contributed by atoms with van der Waals surface area (Å²) in [4.78, 5) is 10.7. The average molecular weight is 253 g/mol. The number of hydrogen-bond acceptors (Lipinski definition) is 2. The molecule has 14 heavy (non-hydrogen) atoms. The van der Waals surface area contributed by atoms with Gasteiger partial charge in [-0.05, 0) is 28.1 Å². The van der Waals surface area contributed by atoms with Crippen LogP contribution in [0, 0.1) is 12.3 Å². The molecule has 0 fully saturated rings. The molecule has 0 amide bonds. The Labute approximate surface area is 91.4 Å². The molecule has 0 aliphatic rings. The van der Waals surface area contributed by atoms with Crippen LogP contribution in [-0.2, 0) is 0 Å². The van der Waals surface area contributed by atoms with Crippen LogP contribution in [0.5, 0.6) is 5.75 Å². The lowest BCUT2D eigenvalue weighted by Crippen LogP contribution is -1.99. The lowest BCUT2D eigenvalue weighted by Gasteiger charge is -2.08. The van der Waals surface area contributed by atoms with E-state index in [0.717, 1.165) is 10.8 Å². The topological polar surface area (TPSA) is 26.3 Å². The van der Waals surface area contributed by atoms with Crippen LogP contribution in [0.4, 0.5) is 0 Å². The van der Waals surface area contributed by atoms with Gasteiger partial charge in [0.1, 0.15) is 5.75 Å². The molecular weight excluding hydrogens is 244 g/mol. The molecule has 72 valence electrons. The number of para-hydroxylation sites is 1. The molecule has 2 nitrogen and oxygen atoms in total. The Hall–Kier alpha value is -1.27. The minimum absolute atomic E-state index is 0.417. The van der Waals surface area contributed by atoms with Crippen molar-refractivity contribution in [3.05, 3.63) is 28.2 Å². The maximum absolute atomic E-state index is 10.7. The number of terminal acetylenes is 1. The molecule has 1 aromatic rings. The molecule has 0 aliphatic carbocycles. The first-order valence-electron chi connectivity index (χ1n) is 4.09. The second kappa shape index (κ2) is 5.46. The summed E-state index contributed by atoms with van der Waals surface area (Å²) in [5.41, 5.74) is 0.524. The summed E-state index contributed by atoms with van der Waals surface area (Å²) >= 11 is 3.30. The lowest BCUT2D eigenvalue weighted by molar-refractivity contribution is 0.111. The molecule has 0 atom stereocenters. The summed E-state index contributed by atoms with van der Waals surface area (Å²) in [6.45, 7) is 0.417. The van der Waals surface area contributed by atoms with E-state index in [1.165, 1.54) is 0 Å². The Morgan fingerprint density at radius 2 is 2.36 bits per heavy atom. The molecule has 0 radical (unpaired) electrons. The molecule has 0 N–H and O–H groups in total. The van der Waals surface area contributed by atoms with E-state index in [4.69, 9.17) is 11.2 Å². The predicted molar refractivity (Wildman–Crippen MR) is 58.5 cm³/mol. The first-order valence-corrected chi connectivity index (χ1v) is 4.89. The van der Waals surface area contributed by atoms with E-state index in [9.17, 15) is 4.79 Å². The number of carbonyl (C=O) groups excluding carboxylic acids is 1. The van der Waals surface area contributed by atoms with Crippen molar-refractivity contribution in [2.75, 3.05) is 6.61 Å². The molecule has 0 aromatic heterocycles. The number of ether oxygens (including phenoxy) is 1. The normalized spacial score (nSPS) is 9.14. The minimum Gasteiger partial charge on any atom is -0.491 e. The van der Waals surface area contributed by atoms with E-state index < -0.39 is 0 Å². The van der Waals surface area contributed by atoms with Crippen LogP contribution in [0.1, 0.15) is 16.8 Å². The van der Waals surface area contributed by atoms with E-state index in [1.54, 1.807) is 12.1 Å². The molecule has 3 heteroatoms. The standard InChI is InChI=1S/C11H9BrO2/c1-2-3-7-14-11-9(8-13)5-4-6-10(11)12/h1,4-6,8H,3,7H2. The number of hydrogen-bond donors (Lipinski definition) is 0. The van der Waals surface area contributed by atoms with Gasteiger partial charge < -0.3 is 4.74 Å². The van der Waals surface area contributed by atoms with E-state index >= 15 is 0 Å². The predicted octanol–water partition coefficient (Wildman–Crippen LogP) is 2.66. The summed E-state index contributed by atoms with van der Waals surface area (Å²) < 4.78 is 6.14. The third kappa shape index (κ3) is 2.61. The molecule has 0 saturated carbocycles. The molecule has 0 saturated heterocycles. The molecule has 1 rings (SSSR count). The van der Waals surface area contributed by atoms with Crippen LogP contribution < -0.4 is 4.74 Å². The van der Waals surface area contributed by atoms with Crippen LogP contribution in [0.2, 0.25) is 0 Å². The van der Waals surface area contributed by atoms with Crippen molar-refractivity contribution in [2.45, 2.75) is 6.42 Å². The molecule has 0 spiro atoms. The third-order valence-electron chi connectivity index (χ3n) is 1.62. The van der Waals surface area contributed by atoms with Crippen LogP contribution in [0.25, 0.3) is 0 Å². The van der Waals surface area contributed by atoms with Gasteiger partial charge in [0.05, 0.1) is 16.6 Å². The van der Waals surface area contributed by atoms with Gasteiger partial charge in [-0.25, -0.2) is 0 Å². The summed E-state index contributed by atoms with van der Waals surface area (Å²) in [7, 11) is 0. The fourth-order valence-electron chi connectivity index (χ4n) is 0.983. The number of aldehydes is 1. The van der Waals surface area contributed by atoms with Crippen LogP contribution in [0.15, 0.2) is 22.7 Å². The zero-order valence-electron chi connectivity index (χ0n) is 7.50. The molecule has 0 bridgehead atoms. The Morgan fingerprint density at radius 1 is 1.57 bits per heavy atom. The van der Waals surface area contributed by atoms with Gasteiger partial charge >= 0.3 is 0 Å². The van der Waals surface area contributed by atoms with Crippen molar-refractivity contribution >= 4 is 22.2 Å². The minimum atomic E-state index is 0.417. The summed E-state index contributed by atoms with van der Waals surface area (Å²) in [5, 5.41) is 0. The number of carbonyl (C=O) groups is 1. The van der Waals surface area contributed by atoms with Gasteiger partial charge in [-0.2, -0.15) is 0 Å². The van der Waals surface area contributed by atoms with Gasteiger partial charge in [-0.3, -0.25) is 4.79 Å². The lowest BCUT2D eigenvalue weighted by atomic mass is 10.2.